The van der Waals surface area contributed by atoms with Crippen molar-refractivity contribution in [2.45, 2.75) is 6.18 Å². The van der Waals surface area contributed by atoms with Gasteiger partial charge in [-0.1, -0.05) is 34.1 Å². The molecule has 1 aromatic heterocycles. The second-order valence-corrected chi connectivity index (χ2v) is 5.61. The molecule has 0 fully saturated rings. The maximum Gasteiger partial charge on any atom is 0.418 e. The lowest BCUT2D eigenvalue weighted by atomic mass is 10.1. The molecule has 0 aliphatic rings. The molecule has 1 N–H and O–H groups in total. The van der Waals surface area contributed by atoms with Crippen LogP contribution in [0.3, 0.4) is 0 Å². The highest BCUT2D eigenvalue weighted by molar-refractivity contribution is 9.10. The number of anilines is 2. The molecule has 0 radical (unpaired) electrons. The Morgan fingerprint density at radius 2 is 1.77 bits per heavy atom. The van der Waals surface area contributed by atoms with E-state index in [1.807, 2.05) is 24.3 Å². The van der Waals surface area contributed by atoms with Crippen LogP contribution in [0.2, 0.25) is 0 Å². The molecule has 0 amide bonds. The predicted molar refractivity (Wildman–Crippen MR) is 84.2 cm³/mol. The molecular weight excluding hydrogens is 357 g/mol. The Bertz CT molecular complexity index is 831. The number of halogens is 4. The van der Waals surface area contributed by atoms with Crippen LogP contribution in [-0.2, 0) is 6.18 Å². The molecule has 0 atom stereocenters. The van der Waals surface area contributed by atoms with Gasteiger partial charge in [0.15, 0.2) is 0 Å². The third-order valence-electron chi connectivity index (χ3n) is 3.18. The second-order valence-electron chi connectivity index (χ2n) is 4.69. The van der Waals surface area contributed by atoms with Crippen LogP contribution in [0.5, 0.6) is 0 Å². The van der Waals surface area contributed by atoms with E-state index in [4.69, 9.17) is 0 Å². The summed E-state index contributed by atoms with van der Waals surface area (Å²) in [6.45, 7) is 0. The standard InChI is InChI=1S/C16H10BrF3N2/c17-10-3-1-4-11(9-10)22-14-7-8-21-15-12(14)5-2-6-13(15)16(18,19)20/h1-9H,(H,21,22). The fourth-order valence-electron chi connectivity index (χ4n) is 2.24. The second kappa shape index (κ2) is 5.61. The molecule has 2 aromatic carbocycles. The van der Waals surface area contributed by atoms with E-state index in [2.05, 4.69) is 26.2 Å². The molecule has 0 saturated carbocycles. The summed E-state index contributed by atoms with van der Waals surface area (Å²) in [5.74, 6) is 0. The van der Waals surface area contributed by atoms with Gasteiger partial charge in [0.2, 0.25) is 0 Å². The van der Waals surface area contributed by atoms with Crippen molar-refractivity contribution in [2.75, 3.05) is 5.32 Å². The van der Waals surface area contributed by atoms with Gasteiger partial charge in [0.25, 0.3) is 0 Å². The lowest BCUT2D eigenvalue weighted by Gasteiger charge is -2.13. The fourth-order valence-corrected chi connectivity index (χ4v) is 2.63. The van der Waals surface area contributed by atoms with Crippen molar-refractivity contribution in [3.8, 4) is 0 Å². The zero-order valence-corrected chi connectivity index (χ0v) is 12.7. The van der Waals surface area contributed by atoms with E-state index >= 15 is 0 Å². The number of hydrogen-bond donors (Lipinski definition) is 1. The molecule has 2 nitrogen and oxygen atoms in total. The summed E-state index contributed by atoms with van der Waals surface area (Å²) in [5, 5.41) is 3.56. The molecule has 0 spiro atoms. The molecule has 1 heterocycles. The van der Waals surface area contributed by atoms with E-state index < -0.39 is 11.7 Å². The summed E-state index contributed by atoms with van der Waals surface area (Å²) in [5.41, 5.74) is 0.561. The monoisotopic (exact) mass is 366 g/mol. The highest BCUT2D eigenvalue weighted by Gasteiger charge is 2.33. The Kier molecular flexibility index (Phi) is 3.78. The highest BCUT2D eigenvalue weighted by Crippen LogP contribution is 2.36. The van der Waals surface area contributed by atoms with E-state index in [0.29, 0.717) is 11.1 Å². The number of rotatable bonds is 2. The van der Waals surface area contributed by atoms with Gasteiger partial charge < -0.3 is 5.32 Å². The Balaban J connectivity index is 2.12. The smallest absolute Gasteiger partial charge is 0.355 e. The molecule has 0 aliphatic heterocycles. The topological polar surface area (TPSA) is 24.9 Å². The first-order chi connectivity index (χ1) is 10.4. The molecule has 3 rings (SSSR count). The number of nitrogens with zero attached hydrogens (tertiary/aromatic N) is 1. The summed E-state index contributed by atoms with van der Waals surface area (Å²) in [6, 6.07) is 13.1. The Morgan fingerprint density at radius 1 is 1.00 bits per heavy atom. The summed E-state index contributed by atoms with van der Waals surface area (Å²) < 4.78 is 40.1. The average molecular weight is 367 g/mol. The normalized spacial score (nSPS) is 11.6. The zero-order valence-electron chi connectivity index (χ0n) is 11.2. The number of para-hydroxylation sites is 1. The summed E-state index contributed by atoms with van der Waals surface area (Å²) in [6.07, 6.45) is -3.06. The molecule has 6 heteroatoms. The van der Waals surface area contributed by atoms with Gasteiger partial charge >= 0.3 is 6.18 Å². The van der Waals surface area contributed by atoms with E-state index in [1.54, 1.807) is 12.1 Å². The number of fused-ring (bicyclic) bond motifs is 1. The third kappa shape index (κ3) is 2.92. The van der Waals surface area contributed by atoms with Crippen molar-refractivity contribution in [1.29, 1.82) is 0 Å². The predicted octanol–water partition coefficient (Wildman–Crippen LogP) is 5.76. The number of nitrogens with one attached hydrogen (secondary N) is 1. The van der Waals surface area contributed by atoms with Crippen LogP contribution in [0, 0.1) is 0 Å². The number of hydrogen-bond acceptors (Lipinski definition) is 2. The van der Waals surface area contributed by atoms with Gasteiger partial charge in [-0.2, -0.15) is 13.2 Å². The molecule has 112 valence electrons. The summed E-state index contributed by atoms with van der Waals surface area (Å²) in [4.78, 5) is 3.90. The number of pyridine rings is 1. The summed E-state index contributed by atoms with van der Waals surface area (Å²) >= 11 is 3.36. The molecule has 22 heavy (non-hydrogen) atoms. The van der Waals surface area contributed by atoms with Crippen LogP contribution in [0.4, 0.5) is 24.5 Å². The lowest BCUT2D eigenvalue weighted by molar-refractivity contribution is -0.136. The zero-order chi connectivity index (χ0) is 15.7. The van der Waals surface area contributed by atoms with Crippen molar-refractivity contribution < 1.29 is 13.2 Å². The van der Waals surface area contributed by atoms with Crippen LogP contribution in [0.1, 0.15) is 5.56 Å². The Labute approximate surface area is 133 Å². The van der Waals surface area contributed by atoms with Crippen molar-refractivity contribution in [2.24, 2.45) is 0 Å². The van der Waals surface area contributed by atoms with Gasteiger partial charge in [-0.3, -0.25) is 4.98 Å². The highest BCUT2D eigenvalue weighted by atomic mass is 79.9. The van der Waals surface area contributed by atoms with Gasteiger partial charge in [-0.25, -0.2) is 0 Å². The molecule has 3 aromatic rings. The molecule has 0 saturated heterocycles. The molecule has 0 bridgehead atoms. The average Bonchev–Trinajstić information content (AvgIpc) is 2.46. The largest absolute Gasteiger partial charge is 0.418 e. The Morgan fingerprint density at radius 3 is 2.50 bits per heavy atom. The maximum atomic E-state index is 13.1. The van der Waals surface area contributed by atoms with Gasteiger partial charge in [0.1, 0.15) is 0 Å². The SMILES string of the molecule is FC(F)(F)c1cccc2c(Nc3cccc(Br)c3)ccnc12. The van der Waals surface area contributed by atoms with E-state index in [1.165, 1.54) is 12.3 Å². The molecule has 0 aliphatic carbocycles. The minimum absolute atomic E-state index is 0.0602. The van der Waals surface area contributed by atoms with Crippen LogP contribution < -0.4 is 5.32 Å². The van der Waals surface area contributed by atoms with Crippen LogP contribution in [0.25, 0.3) is 10.9 Å². The van der Waals surface area contributed by atoms with Gasteiger partial charge in [-0.15, -0.1) is 0 Å². The quantitative estimate of drug-likeness (QED) is 0.623. The van der Waals surface area contributed by atoms with E-state index in [0.717, 1.165) is 16.2 Å². The minimum Gasteiger partial charge on any atom is -0.355 e. The van der Waals surface area contributed by atoms with Crippen molar-refractivity contribution in [1.82, 2.24) is 4.98 Å². The third-order valence-corrected chi connectivity index (χ3v) is 3.67. The number of benzene rings is 2. The van der Waals surface area contributed by atoms with Crippen LogP contribution in [0.15, 0.2) is 59.2 Å². The first kappa shape index (κ1) is 14.8. The van der Waals surface area contributed by atoms with E-state index in [9.17, 15) is 13.2 Å². The maximum absolute atomic E-state index is 13.1. The van der Waals surface area contributed by atoms with Gasteiger partial charge in [0.05, 0.1) is 11.1 Å². The fraction of sp³-hybridized carbons (Fsp3) is 0.0625. The first-order valence-electron chi connectivity index (χ1n) is 6.43. The molecule has 0 unspecified atom stereocenters. The van der Waals surface area contributed by atoms with Crippen molar-refractivity contribution in [3.63, 3.8) is 0 Å². The Hall–Kier alpha value is -2.08. The van der Waals surface area contributed by atoms with Gasteiger partial charge in [0, 0.05) is 27.4 Å². The van der Waals surface area contributed by atoms with Crippen LogP contribution >= 0.6 is 15.9 Å². The first-order valence-corrected chi connectivity index (χ1v) is 7.22. The summed E-state index contributed by atoms with van der Waals surface area (Å²) in [7, 11) is 0. The number of alkyl halides is 3. The lowest BCUT2D eigenvalue weighted by Crippen LogP contribution is -2.06. The molecular formula is C16H10BrF3N2. The van der Waals surface area contributed by atoms with Crippen LogP contribution in [-0.4, -0.2) is 4.98 Å². The van der Waals surface area contributed by atoms with Gasteiger partial charge in [-0.05, 0) is 30.3 Å². The van der Waals surface area contributed by atoms with Crippen molar-refractivity contribution in [3.05, 3.63) is 64.8 Å². The van der Waals surface area contributed by atoms with E-state index in [-0.39, 0.29) is 5.52 Å². The number of aromatic nitrogens is 1. The minimum atomic E-state index is -4.43. The van der Waals surface area contributed by atoms with Crippen molar-refractivity contribution >= 4 is 38.2 Å².